The minimum Gasteiger partial charge on any atom is -0.361 e. The Morgan fingerprint density at radius 1 is 1.56 bits per heavy atom. The Morgan fingerprint density at radius 3 is 2.83 bits per heavy atom. The number of amides is 1. The van der Waals surface area contributed by atoms with Gasteiger partial charge in [0.15, 0.2) is 0 Å². The van der Waals surface area contributed by atoms with Crippen LogP contribution in [0.25, 0.3) is 0 Å². The molecule has 1 fully saturated rings. The topological polar surface area (TPSA) is 58.4 Å². The maximum Gasteiger partial charge on any atom is 0.227 e. The van der Waals surface area contributed by atoms with Gasteiger partial charge in [-0.2, -0.15) is 0 Å². The molecule has 0 aliphatic carbocycles. The van der Waals surface area contributed by atoms with Crippen LogP contribution in [0, 0.1) is 13.8 Å². The highest BCUT2D eigenvalue weighted by atomic mass is 35.5. The van der Waals surface area contributed by atoms with Gasteiger partial charge in [0.2, 0.25) is 5.91 Å². The van der Waals surface area contributed by atoms with Gasteiger partial charge >= 0.3 is 0 Å². The van der Waals surface area contributed by atoms with Crippen LogP contribution >= 0.6 is 12.4 Å². The van der Waals surface area contributed by atoms with Gasteiger partial charge in [-0.1, -0.05) is 5.16 Å². The maximum absolute atomic E-state index is 12.1. The standard InChI is InChI=1S/C12H19N3O2.ClH/c1-8-7-15(5-4-13-8)12(16)6-11-9(2)14-17-10(11)3;/h8,13H,4-7H2,1-3H3;1H. The van der Waals surface area contributed by atoms with Crippen molar-refractivity contribution in [1.29, 1.82) is 0 Å². The number of carbonyl (C=O) groups excluding carboxylic acids is 1. The van der Waals surface area contributed by atoms with Gasteiger partial charge in [-0.05, 0) is 20.8 Å². The summed E-state index contributed by atoms with van der Waals surface area (Å²) in [6.07, 6.45) is 0.397. The second-order valence-corrected chi connectivity index (χ2v) is 4.67. The lowest BCUT2D eigenvalue weighted by molar-refractivity contribution is -0.131. The van der Waals surface area contributed by atoms with Crippen molar-refractivity contribution in [2.75, 3.05) is 19.6 Å². The fourth-order valence-corrected chi connectivity index (χ4v) is 2.18. The lowest BCUT2D eigenvalue weighted by Gasteiger charge is -2.31. The van der Waals surface area contributed by atoms with E-state index in [2.05, 4.69) is 17.4 Å². The first kappa shape index (κ1) is 15.0. The Morgan fingerprint density at radius 2 is 2.28 bits per heavy atom. The first-order valence-electron chi connectivity index (χ1n) is 6.01. The van der Waals surface area contributed by atoms with E-state index in [0.717, 1.165) is 36.7 Å². The third kappa shape index (κ3) is 3.23. The Labute approximate surface area is 113 Å². The third-order valence-electron chi connectivity index (χ3n) is 3.23. The van der Waals surface area contributed by atoms with E-state index in [4.69, 9.17) is 4.52 Å². The Bertz CT molecular complexity index is 400. The van der Waals surface area contributed by atoms with E-state index in [0.29, 0.717) is 12.5 Å². The summed E-state index contributed by atoms with van der Waals surface area (Å²) in [5.41, 5.74) is 1.75. The Balaban J connectivity index is 0.00000162. The van der Waals surface area contributed by atoms with Gasteiger partial charge in [0, 0.05) is 31.2 Å². The number of nitrogens with zero attached hydrogens (tertiary/aromatic N) is 2. The molecule has 1 aliphatic rings. The van der Waals surface area contributed by atoms with E-state index < -0.39 is 0 Å². The molecule has 0 spiro atoms. The Kier molecular flexibility index (Phi) is 5.16. The molecule has 1 atom stereocenters. The molecule has 1 saturated heterocycles. The summed E-state index contributed by atoms with van der Waals surface area (Å²) in [6.45, 7) is 8.25. The number of hydrogen-bond donors (Lipinski definition) is 1. The molecule has 1 aromatic rings. The highest BCUT2D eigenvalue weighted by Crippen LogP contribution is 2.14. The zero-order chi connectivity index (χ0) is 12.4. The summed E-state index contributed by atoms with van der Waals surface area (Å²) in [5.74, 6) is 0.909. The van der Waals surface area contributed by atoms with E-state index in [1.807, 2.05) is 18.7 Å². The van der Waals surface area contributed by atoms with Crippen LogP contribution < -0.4 is 5.32 Å². The van der Waals surface area contributed by atoms with Crippen LogP contribution in [0.3, 0.4) is 0 Å². The van der Waals surface area contributed by atoms with Crippen molar-refractivity contribution in [1.82, 2.24) is 15.4 Å². The van der Waals surface area contributed by atoms with Crippen LogP contribution in [-0.4, -0.2) is 41.6 Å². The average molecular weight is 274 g/mol. The van der Waals surface area contributed by atoms with Crippen LogP contribution in [0.4, 0.5) is 0 Å². The number of aryl methyl sites for hydroxylation is 2. The van der Waals surface area contributed by atoms with Gasteiger partial charge in [0.05, 0.1) is 12.1 Å². The number of carbonyl (C=O) groups is 1. The number of aromatic nitrogens is 1. The van der Waals surface area contributed by atoms with Crippen molar-refractivity contribution in [2.24, 2.45) is 0 Å². The molecule has 1 amide bonds. The molecule has 0 bridgehead atoms. The third-order valence-corrected chi connectivity index (χ3v) is 3.23. The molecule has 0 saturated carbocycles. The van der Waals surface area contributed by atoms with Gasteiger partial charge < -0.3 is 14.7 Å². The molecule has 0 radical (unpaired) electrons. The highest BCUT2D eigenvalue weighted by molar-refractivity contribution is 5.85. The van der Waals surface area contributed by atoms with Crippen LogP contribution in [0.5, 0.6) is 0 Å². The summed E-state index contributed by atoms with van der Waals surface area (Å²) < 4.78 is 5.07. The number of hydrogen-bond acceptors (Lipinski definition) is 4. The van der Waals surface area contributed by atoms with Crippen molar-refractivity contribution in [3.63, 3.8) is 0 Å². The zero-order valence-corrected chi connectivity index (χ0v) is 11.8. The van der Waals surface area contributed by atoms with Crippen LogP contribution in [0.15, 0.2) is 4.52 Å². The van der Waals surface area contributed by atoms with Crippen LogP contribution in [-0.2, 0) is 11.2 Å². The predicted octanol–water partition coefficient (Wildman–Crippen LogP) is 1.08. The molecule has 2 rings (SSSR count). The molecule has 1 unspecified atom stereocenters. The van der Waals surface area contributed by atoms with Gasteiger partial charge in [-0.25, -0.2) is 0 Å². The lowest BCUT2D eigenvalue weighted by Crippen LogP contribution is -2.51. The summed E-state index contributed by atoms with van der Waals surface area (Å²) in [6, 6.07) is 0.373. The normalized spacial score (nSPS) is 19.5. The Hall–Kier alpha value is -1.07. The smallest absolute Gasteiger partial charge is 0.227 e. The molecule has 1 aromatic heterocycles. The van der Waals surface area contributed by atoms with E-state index in [9.17, 15) is 4.79 Å². The molecule has 1 N–H and O–H groups in total. The number of piperazine rings is 1. The van der Waals surface area contributed by atoms with Crippen molar-refractivity contribution < 1.29 is 9.32 Å². The molecule has 0 aromatic carbocycles. The van der Waals surface area contributed by atoms with E-state index >= 15 is 0 Å². The second kappa shape index (κ2) is 6.20. The first-order chi connectivity index (χ1) is 8.08. The summed E-state index contributed by atoms with van der Waals surface area (Å²) in [5, 5.41) is 7.19. The number of halogens is 1. The number of rotatable bonds is 2. The fourth-order valence-electron chi connectivity index (χ4n) is 2.18. The molecule has 1 aliphatic heterocycles. The SMILES string of the molecule is Cc1noc(C)c1CC(=O)N1CCNC(C)C1.Cl. The summed E-state index contributed by atoms with van der Waals surface area (Å²) in [7, 11) is 0. The second-order valence-electron chi connectivity index (χ2n) is 4.67. The molecule has 5 nitrogen and oxygen atoms in total. The van der Waals surface area contributed by atoms with E-state index in [1.54, 1.807) is 0 Å². The van der Waals surface area contributed by atoms with Gasteiger partial charge in [0.25, 0.3) is 0 Å². The zero-order valence-electron chi connectivity index (χ0n) is 11.0. The lowest BCUT2D eigenvalue weighted by atomic mass is 10.1. The van der Waals surface area contributed by atoms with Crippen LogP contribution in [0.2, 0.25) is 0 Å². The quantitative estimate of drug-likeness (QED) is 0.876. The summed E-state index contributed by atoms with van der Waals surface area (Å²) >= 11 is 0. The minimum atomic E-state index is 0. The number of nitrogens with one attached hydrogen (secondary N) is 1. The molecule has 2 heterocycles. The average Bonchev–Trinajstić information content (AvgIpc) is 2.61. The van der Waals surface area contributed by atoms with E-state index in [-0.39, 0.29) is 18.3 Å². The van der Waals surface area contributed by atoms with Crippen LogP contribution in [0.1, 0.15) is 23.9 Å². The van der Waals surface area contributed by atoms with Crippen molar-refractivity contribution in [2.45, 2.75) is 33.2 Å². The molecule has 102 valence electrons. The van der Waals surface area contributed by atoms with Crippen molar-refractivity contribution >= 4 is 18.3 Å². The monoisotopic (exact) mass is 273 g/mol. The van der Waals surface area contributed by atoms with Gasteiger partial charge in [0.1, 0.15) is 5.76 Å². The fraction of sp³-hybridized carbons (Fsp3) is 0.667. The first-order valence-corrected chi connectivity index (χ1v) is 6.01. The maximum atomic E-state index is 12.1. The molecule has 6 heteroatoms. The molecule has 18 heavy (non-hydrogen) atoms. The molecular weight excluding hydrogens is 254 g/mol. The highest BCUT2D eigenvalue weighted by Gasteiger charge is 2.22. The van der Waals surface area contributed by atoms with Gasteiger partial charge in [-0.15, -0.1) is 12.4 Å². The van der Waals surface area contributed by atoms with Crippen molar-refractivity contribution in [3.8, 4) is 0 Å². The predicted molar refractivity (Wildman–Crippen MR) is 71.0 cm³/mol. The minimum absolute atomic E-state index is 0. The largest absolute Gasteiger partial charge is 0.361 e. The summed E-state index contributed by atoms with van der Waals surface area (Å²) in [4.78, 5) is 14.1. The molecular formula is C12H20ClN3O2. The van der Waals surface area contributed by atoms with E-state index in [1.165, 1.54) is 0 Å². The van der Waals surface area contributed by atoms with Gasteiger partial charge in [-0.3, -0.25) is 4.79 Å². The van der Waals surface area contributed by atoms with Crippen molar-refractivity contribution in [3.05, 3.63) is 17.0 Å².